The molecule has 3 rings (SSSR count). The minimum atomic E-state index is -0.557. The van der Waals surface area contributed by atoms with Crippen molar-refractivity contribution in [1.82, 2.24) is 4.98 Å². The summed E-state index contributed by atoms with van der Waals surface area (Å²) in [6.07, 6.45) is 1.69. The van der Waals surface area contributed by atoms with Crippen molar-refractivity contribution in [1.29, 1.82) is 0 Å². The summed E-state index contributed by atoms with van der Waals surface area (Å²) >= 11 is 0. The highest BCUT2D eigenvalue weighted by Crippen LogP contribution is 2.28. The van der Waals surface area contributed by atoms with Gasteiger partial charge in [-0.1, -0.05) is 18.2 Å². The zero-order chi connectivity index (χ0) is 12.5. The Bertz CT molecular complexity index is 702. The van der Waals surface area contributed by atoms with E-state index in [4.69, 9.17) is 0 Å². The van der Waals surface area contributed by atoms with Gasteiger partial charge in [0, 0.05) is 11.6 Å². The summed E-state index contributed by atoms with van der Waals surface area (Å²) in [4.78, 5) is 4.17. The second-order valence-corrected chi connectivity index (χ2v) is 4.01. The Morgan fingerprint density at radius 1 is 0.833 bits per heavy atom. The van der Waals surface area contributed by atoms with E-state index in [-0.39, 0.29) is 5.56 Å². The zero-order valence-electron chi connectivity index (χ0n) is 9.40. The van der Waals surface area contributed by atoms with Gasteiger partial charge in [-0.3, -0.25) is 4.98 Å². The lowest BCUT2D eigenvalue weighted by Gasteiger charge is -2.06. The number of nitrogens with zero attached hydrogens (tertiary/aromatic N) is 1. The number of benzene rings is 2. The summed E-state index contributed by atoms with van der Waals surface area (Å²) in [7, 11) is 0. The third-order valence-electron chi connectivity index (χ3n) is 2.85. The largest absolute Gasteiger partial charge is 0.256 e. The van der Waals surface area contributed by atoms with E-state index in [0.29, 0.717) is 5.56 Å². The first-order chi connectivity index (χ1) is 8.75. The smallest absolute Gasteiger partial charge is 0.133 e. The van der Waals surface area contributed by atoms with Gasteiger partial charge in [0.25, 0.3) is 0 Å². The molecule has 88 valence electrons. The Morgan fingerprint density at radius 3 is 2.39 bits per heavy atom. The SMILES string of the molecule is Fc1cccc(F)c1-c1ccc2ncccc2c1. The molecule has 0 radical (unpaired) electrons. The Balaban J connectivity index is 2.26. The van der Waals surface area contributed by atoms with E-state index in [1.807, 2.05) is 6.07 Å². The first-order valence-electron chi connectivity index (χ1n) is 5.55. The minimum absolute atomic E-state index is 0.00301. The fourth-order valence-corrected chi connectivity index (χ4v) is 2.00. The van der Waals surface area contributed by atoms with Crippen molar-refractivity contribution >= 4 is 10.9 Å². The molecule has 0 bridgehead atoms. The van der Waals surface area contributed by atoms with Gasteiger partial charge in [-0.25, -0.2) is 8.78 Å². The van der Waals surface area contributed by atoms with Crippen LogP contribution in [-0.2, 0) is 0 Å². The molecule has 1 nitrogen and oxygen atoms in total. The monoisotopic (exact) mass is 241 g/mol. The van der Waals surface area contributed by atoms with Crippen LogP contribution in [0.4, 0.5) is 8.78 Å². The van der Waals surface area contributed by atoms with Crippen molar-refractivity contribution in [2.75, 3.05) is 0 Å². The van der Waals surface area contributed by atoms with E-state index < -0.39 is 11.6 Å². The van der Waals surface area contributed by atoms with Gasteiger partial charge in [0.15, 0.2) is 0 Å². The second-order valence-electron chi connectivity index (χ2n) is 4.01. The van der Waals surface area contributed by atoms with Crippen LogP contribution in [0.15, 0.2) is 54.7 Å². The van der Waals surface area contributed by atoms with Gasteiger partial charge in [0.05, 0.1) is 11.1 Å². The highest BCUT2D eigenvalue weighted by molar-refractivity contribution is 5.84. The van der Waals surface area contributed by atoms with Crippen molar-refractivity contribution in [3.63, 3.8) is 0 Å². The molecule has 0 N–H and O–H groups in total. The molecule has 0 atom stereocenters. The van der Waals surface area contributed by atoms with Crippen LogP contribution in [0.25, 0.3) is 22.0 Å². The number of hydrogen-bond acceptors (Lipinski definition) is 1. The molecule has 0 aliphatic carbocycles. The normalized spacial score (nSPS) is 10.8. The topological polar surface area (TPSA) is 12.9 Å². The summed E-state index contributed by atoms with van der Waals surface area (Å²) in [5.41, 5.74) is 1.33. The molecule has 0 saturated heterocycles. The van der Waals surface area contributed by atoms with E-state index in [1.54, 1.807) is 30.5 Å². The summed E-state index contributed by atoms with van der Waals surface area (Å²) in [6, 6.07) is 12.7. The van der Waals surface area contributed by atoms with Crippen LogP contribution < -0.4 is 0 Å². The van der Waals surface area contributed by atoms with Gasteiger partial charge in [-0.05, 0) is 35.9 Å². The number of fused-ring (bicyclic) bond motifs is 1. The molecule has 0 amide bonds. The van der Waals surface area contributed by atoms with Crippen LogP contribution in [0.3, 0.4) is 0 Å². The molecular weight excluding hydrogens is 232 g/mol. The van der Waals surface area contributed by atoms with E-state index in [1.165, 1.54) is 18.2 Å². The molecule has 0 spiro atoms. The van der Waals surface area contributed by atoms with Gasteiger partial charge >= 0.3 is 0 Å². The number of rotatable bonds is 1. The first-order valence-corrected chi connectivity index (χ1v) is 5.55. The predicted octanol–water partition coefficient (Wildman–Crippen LogP) is 4.18. The lowest BCUT2D eigenvalue weighted by molar-refractivity contribution is 0.589. The average molecular weight is 241 g/mol. The summed E-state index contributed by atoms with van der Waals surface area (Å²) in [5, 5.41) is 0.859. The Labute approximate surface area is 103 Å². The number of aromatic nitrogens is 1. The molecule has 0 aliphatic heterocycles. The molecule has 1 aromatic heterocycles. The highest BCUT2D eigenvalue weighted by Gasteiger charge is 2.11. The van der Waals surface area contributed by atoms with Crippen LogP contribution >= 0.6 is 0 Å². The number of halogens is 2. The number of pyridine rings is 1. The average Bonchev–Trinajstić information content (AvgIpc) is 2.38. The van der Waals surface area contributed by atoms with E-state index in [9.17, 15) is 8.78 Å². The lowest BCUT2D eigenvalue weighted by Crippen LogP contribution is -1.89. The van der Waals surface area contributed by atoms with Gasteiger partial charge in [0.2, 0.25) is 0 Å². The first kappa shape index (κ1) is 10.8. The molecule has 0 saturated carbocycles. The number of hydrogen-bond donors (Lipinski definition) is 0. The highest BCUT2D eigenvalue weighted by atomic mass is 19.1. The quantitative estimate of drug-likeness (QED) is 0.622. The molecule has 0 unspecified atom stereocenters. The maximum atomic E-state index is 13.7. The molecule has 1 heterocycles. The molecule has 2 aromatic carbocycles. The van der Waals surface area contributed by atoms with Crippen molar-refractivity contribution in [3.05, 3.63) is 66.4 Å². The Kier molecular flexibility index (Phi) is 2.52. The summed E-state index contributed by atoms with van der Waals surface area (Å²) < 4.78 is 27.4. The Morgan fingerprint density at radius 2 is 1.61 bits per heavy atom. The third kappa shape index (κ3) is 1.74. The second kappa shape index (κ2) is 4.18. The maximum Gasteiger partial charge on any atom is 0.133 e. The van der Waals surface area contributed by atoms with Crippen molar-refractivity contribution in [2.45, 2.75) is 0 Å². The van der Waals surface area contributed by atoms with Crippen molar-refractivity contribution < 1.29 is 8.78 Å². The predicted molar refractivity (Wildman–Crippen MR) is 67.1 cm³/mol. The minimum Gasteiger partial charge on any atom is -0.256 e. The molecule has 18 heavy (non-hydrogen) atoms. The van der Waals surface area contributed by atoms with Crippen LogP contribution in [0.2, 0.25) is 0 Å². The van der Waals surface area contributed by atoms with Crippen LogP contribution in [0.1, 0.15) is 0 Å². The molecule has 0 aliphatic rings. The van der Waals surface area contributed by atoms with Crippen molar-refractivity contribution in [2.24, 2.45) is 0 Å². The van der Waals surface area contributed by atoms with Crippen LogP contribution in [0, 0.1) is 11.6 Å². The van der Waals surface area contributed by atoms with Gasteiger partial charge in [-0.2, -0.15) is 0 Å². The zero-order valence-corrected chi connectivity index (χ0v) is 9.40. The van der Waals surface area contributed by atoms with E-state index >= 15 is 0 Å². The fourth-order valence-electron chi connectivity index (χ4n) is 2.00. The third-order valence-corrected chi connectivity index (χ3v) is 2.85. The van der Waals surface area contributed by atoms with Crippen LogP contribution in [0.5, 0.6) is 0 Å². The van der Waals surface area contributed by atoms with Gasteiger partial charge < -0.3 is 0 Å². The lowest BCUT2D eigenvalue weighted by atomic mass is 10.0. The maximum absolute atomic E-state index is 13.7. The molecule has 3 aromatic rings. The molecule has 0 fully saturated rings. The van der Waals surface area contributed by atoms with Crippen LogP contribution in [-0.4, -0.2) is 4.98 Å². The standard InChI is InChI=1S/C15H9F2N/c16-12-4-1-5-13(17)15(12)11-6-7-14-10(9-11)3-2-8-18-14/h1-9H. The van der Waals surface area contributed by atoms with Gasteiger partial charge in [-0.15, -0.1) is 0 Å². The van der Waals surface area contributed by atoms with Gasteiger partial charge in [0.1, 0.15) is 11.6 Å². The van der Waals surface area contributed by atoms with Crippen molar-refractivity contribution in [3.8, 4) is 11.1 Å². The summed E-state index contributed by atoms with van der Waals surface area (Å²) in [5.74, 6) is -1.11. The van der Waals surface area contributed by atoms with E-state index in [0.717, 1.165) is 10.9 Å². The molecular formula is C15H9F2N. The molecule has 3 heteroatoms. The fraction of sp³-hybridized carbons (Fsp3) is 0. The summed E-state index contributed by atoms with van der Waals surface area (Å²) in [6.45, 7) is 0. The Hall–Kier alpha value is -2.29. The van der Waals surface area contributed by atoms with E-state index in [2.05, 4.69) is 4.98 Å².